The number of benzene rings is 1. The number of H-pyrrole nitrogens is 1. The molecule has 2 rings (SSSR count). The largest absolute Gasteiger partial charge is 0.396 e. The van der Waals surface area contributed by atoms with Crippen LogP contribution in [0.25, 0.3) is 0 Å². The molecule has 8 heteroatoms. The third-order valence-electron chi connectivity index (χ3n) is 2.67. The Balaban J connectivity index is 2.32. The number of hydrogen-bond donors (Lipinski definition) is 4. The number of aromatic amines is 1. The van der Waals surface area contributed by atoms with Crippen molar-refractivity contribution >= 4 is 21.4 Å². The third-order valence-corrected chi connectivity index (χ3v) is 3.64. The van der Waals surface area contributed by atoms with Crippen LogP contribution in [0.4, 0.5) is 11.4 Å². The Morgan fingerprint density at radius 1 is 1.42 bits per heavy atom. The van der Waals surface area contributed by atoms with Crippen LogP contribution in [0, 0.1) is 0 Å². The van der Waals surface area contributed by atoms with Gasteiger partial charge in [0.15, 0.2) is 0 Å². The minimum absolute atomic E-state index is 0.0934. The highest BCUT2D eigenvalue weighted by Gasteiger charge is 2.16. The van der Waals surface area contributed by atoms with E-state index in [-0.39, 0.29) is 16.6 Å². The Morgan fingerprint density at radius 2 is 2.16 bits per heavy atom. The molecule has 0 aliphatic rings. The number of rotatable bonds is 4. The van der Waals surface area contributed by atoms with E-state index in [0.29, 0.717) is 5.69 Å². The molecule has 1 atom stereocenters. The van der Waals surface area contributed by atoms with Crippen LogP contribution in [0.15, 0.2) is 35.5 Å². The van der Waals surface area contributed by atoms with Crippen LogP contribution in [0.5, 0.6) is 0 Å². The van der Waals surface area contributed by atoms with E-state index in [0.717, 1.165) is 5.82 Å². The van der Waals surface area contributed by atoms with Gasteiger partial charge in [-0.25, -0.2) is 18.5 Å². The molecule has 1 aromatic heterocycles. The summed E-state index contributed by atoms with van der Waals surface area (Å²) in [7, 11) is -3.83. The molecule has 1 heterocycles. The molecule has 0 fully saturated rings. The summed E-state index contributed by atoms with van der Waals surface area (Å²) in [5, 5.41) is 8.18. The van der Waals surface area contributed by atoms with E-state index in [2.05, 4.69) is 15.3 Å². The molecule has 19 heavy (non-hydrogen) atoms. The van der Waals surface area contributed by atoms with E-state index in [1.54, 1.807) is 24.5 Å². The van der Waals surface area contributed by atoms with Crippen LogP contribution in [-0.4, -0.2) is 18.4 Å². The van der Waals surface area contributed by atoms with Crippen LogP contribution in [0.2, 0.25) is 0 Å². The number of primary sulfonamides is 1. The third kappa shape index (κ3) is 2.85. The predicted octanol–water partition coefficient (Wildman–Crippen LogP) is 0.812. The van der Waals surface area contributed by atoms with Gasteiger partial charge < -0.3 is 16.0 Å². The second-order valence-corrected chi connectivity index (χ2v) is 5.63. The Kier molecular flexibility index (Phi) is 3.45. The zero-order chi connectivity index (χ0) is 14.0. The van der Waals surface area contributed by atoms with Gasteiger partial charge in [0.1, 0.15) is 10.7 Å². The normalized spacial score (nSPS) is 13.2. The zero-order valence-corrected chi connectivity index (χ0v) is 11.1. The summed E-state index contributed by atoms with van der Waals surface area (Å²) in [5.74, 6) is 0.723. The van der Waals surface area contributed by atoms with E-state index < -0.39 is 10.0 Å². The molecule has 0 bridgehead atoms. The molecule has 0 aliphatic carbocycles. The molecular formula is C11H15N5O2S. The van der Waals surface area contributed by atoms with Gasteiger partial charge in [-0.05, 0) is 19.1 Å². The molecule has 0 saturated carbocycles. The smallest absolute Gasteiger partial charge is 0.240 e. The first-order valence-corrected chi connectivity index (χ1v) is 7.11. The second-order valence-electron chi connectivity index (χ2n) is 4.10. The number of para-hydroxylation sites is 1. The lowest BCUT2D eigenvalue weighted by molar-refractivity contribution is 0.598. The van der Waals surface area contributed by atoms with Crippen molar-refractivity contribution in [2.75, 3.05) is 11.1 Å². The summed E-state index contributed by atoms with van der Waals surface area (Å²) in [4.78, 5) is 6.98. The van der Waals surface area contributed by atoms with Crippen LogP contribution < -0.4 is 16.2 Å². The Bertz CT molecular complexity index is 666. The van der Waals surface area contributed by atoms with Gasteiger partial charge >= 0.3 is 0 Å². The lowest BCUT2D eigenvalue weighted by Gasteiger charge is -2.16. The molecule has 0 spiro atoms. The van der Waals surface area contributed by atoms with E-state index in [1.165, 1.54) is 6.07 Å². The van der Waals surface area contributed by atoms with Crippen LogP contribution in [0.3, 0.4) is 0 Å². The fourth-order valence-corrected chi connectivity index (χ4v) is 2.42. The lowest BCUT2D eigenvalue weighted by Crippen LogP contribution is -2.16. The van der Waals surface area contributed by atoms with Gasteiger partial charge in [0.2, 0.25) is 10.0 Å². The molecular weight excluding hydrogens is 266 g/mol. The molecule has 7 nitrogen and oxygen atoms in total. The zero-order valence-electron chi connectivity index (χ0n) is 10.3. The van der Waals surface area contributed by atoms with E-state index >= 15 is 0 Å². The van der Waals surface area contributed by atoms with Crippen molar-refractivity contribution in [3.8, 4) is 0 Å². The quantitative estimate of drug-likeness (QED) is 0.617. The first kappa shape index (κ1) is 13.4. The average Bonchev–Trinajstić information content (AvgIpc) is 2.83. The van der Waals surface area contributed by atoms with Gasteiger partial charge in [0, 0.05) is 12.4 Å². The highest BCUT2D eigenvalue weighted by Crippen LogP contribution is 2.28. The first-order valence-electron chi connectivity index (χ1n) is 5.56. The number of nitrogens with zero attached hydrogens (tertiary/aromatic N) is 1. The molecule has 0 saturated heterocycles. The highest BCUT2D eigenvalue weighted by atomic mass is 32.2. The summed E-state index contributed by atoms with van der Waals surface area (Å²) in [6, 6.07) is 4.48. The highest BCUT2D eigenvalue weighted by molar-refractivity contribution is 7.89. The standard InChI is InChI=1S/C11H15N5O2S/c1-7(11-14-5-6-15-11)16-8-3-2-4-9(10(8)12)19(13,17)18/h2-7,16H,12H2,1H3,(H,14,15)(H2,13,17,18). The number of nitrogen functional groups attached to an aromatic ring is 1. The van der Waals surface area contributed by atoms with Gasteiger partial charge in [0.25, 0.3) is 0 Å². The maximum Gasteiger partial charge on any atom is 0.240 e. The molecule has 6 N–H and O–H groups in total. The van der Waals surface area contributed by atoms with Crippen molar-refractivity contribution in [1.82, 2.24) is 9.97 Å². The number of nitrogens with one attached hydrogen (secondary N) is 2. The van der Waals surface area contributed by atoms with Crippen molar-refractivity contribution in [2.24, 2.45) is 5.14 Å². The first-order chi connectivity index (χ1) is 8.89. The summed E-state index contributed by atoms with van der Waals surface area (Å²) in [5.41, 5.74) is 6.42. The van der Waals surface area contributed by atoms with E-state index in [9.17, 15) is 8.42 Å². The van der Waals surface area contributed by atoms with Crippen LogP contribution >= 0.6 is 0 Å². The molecule has 1 unspecified atom stereocenters. The van der Waals surface area contributed by atoms with Gasteiger partial charge in [0.05, 0.1) is 17.4 Å². The molecule has 0 radical (unpaired) electrons. The predicted molar refractivity (Wildman–Crippen MR) is 72.9 cm³/mol. The summed E-state index contributed by atoms with van der Waals surface area (Å²) in [6.45, 7) is 1.88. The van der Waals surface area contributed by atoms with Gasteiger partial charge in [-0.2, -0.15) is 0 Å². The number of nitrogens with two attached hydrogens (primary N) is 2. The Labute approximate surface area is 111 Å². The van der Waals surface area contributed by atoms with Crippen molar-refractivity contribution < 1.29 is 8.42 Å². The minimum Gasteiger partial charge on any atom is -0.396 e. The van der Waals surface area contributed by atoms with Gasteiger partial charge in [-0.3, -0.25) is 0 Å². The summed E-state index contributed by atoms with van der Waals surface area (Å²) in [6.07, 6.45) is 3.34. The summed E-state index contributed by atoms with van der Waals surface area (Å²) < 4.78 is 22.7. The SMILES string of the molecule is CC(Nc1cccc(S(N)(=O)=O)c1N)c1ncc[nH]1. The fraction of sp³-hybridized carbons (Fsp3) is 0.182. The lowest BCUT2D eigenvalue weighted by atomic mass is 10.2. The van der Waals surface area contributed by atoms with E-state index in [1.807, 2.05) is 6.92 Å². The molecule has 0 aliphatic heterocycles. The maximum absolute atomic E-state index is 11.4. The number of aromatic nitrogens is 2. The fourth-order valence-electron chi connectivity index (χ4n) is 1.73. The maximum atomic E-state index is 11.4. The van der Waals surface area contributed by atoms with Crippen molar-refractivity contribution in [2.45, 2.75) is 17.9 Å². The number of anilines is 2. The van der Waals surface area contributed by atoms with E-state index in [4.69, 9.17) is 10.9 Å². The number of hydrogen-bond acceptors (Lipinski definition) is 5. The van der Waals surface area contributed by atoms with Gasteiger partial charge in [-0.15, -0.1) is 0 Å². The van der Waals surface area contributed by atoms with Crippen molar-refractivity contribution in [1.29, 1.82) is 0 Å². The molecule has 1 aromatic carbocycles. The second kappa shape index (κ2) is 4.90. The minimum atomic E-state index is -3.83. The average molecular weight is 281 g/mol. The molecule has 2 aromatic rings. The van der Waals surface area contributed by atoms with Gasteiger partial charge in [-0.1, -0.05) is 6.07 Å². The van der Waals surface area contributed by atoms with Crippen LogP contribution in [0.1, 0.15) is 18.8 Å². The molecule has 102 valence electrons. The Morgan fingerprint density at radius 3 is 2.74 bits per heavy atom. The monoisotopic (exact) mass is 281 g/mol. The topological polar surface area (TPSA) is 127 Å². The van der Waals surface area contributed by atoms with Crippen molar-refractivity contribution in [3.63, 3.8) is 0 Å². The van der Waals surface area contributed by atoms with Crippen LogP contribution in [-0.2, 0) is 10.0 Å². The number of sulfonamides is 1. The molecule has 0 amide bonds. The Hall–Kier alpha value is -2.06. The number of imidazole rings is 1. The summed E-state index contributed by atoms with van der Waals surface area (Å²) >= 11 is 0. The van der Waals surface area contributed by atoms with Crippen molar-refractivity contribution in [3.05, 3.63) is 36.4 Å².